The lowest BCUT2D eigenvalue weighted by atomic mass is 9.81. The van der Waals surface area contributed by atoms with Crippen molar-refractivity contribution in [3.05, 3.63) is 54.1 Å². The second-order valence-corrected chi connectivity index (χ2v) is 10.9. The Morgan fingerprint density at radius 3 is 2.44 bits per heavy atom. The number of hydrogen-bond donors (Lipinski definition) is 3. The van der Waals surface area contributed by atoms with Gasteiger partial charge in [-0.2, -0.15) is 0 Å². The molecule has 212 valence electrons. The molecule has 1 fully saturated rings. The van der Waals surface area contributed by atoms with Gasteiger partial charge in [-0.3, -0.25) is 19.6 Å². The van der Waals surface area contributed by atoms with Crippen LogP contribution in [0, 0.1) is 17.8 Å². The van der Waals surface area contributed by atoms with Crippen LogP contribution in [0.5, 0.6) is 5.75 Å². The Hall–Kier alpha value is -3.39. The SMILES string of the molecule is CCC[C@H](C(=O)NO)C(CC(C)C)C(=O)NC1CCCCN(Cc2cccc(-c3ccc(OC)cc3)c2)C1=O. The lowest BCUT2D eigenvalue weighted by Crippen LogP contribution is -2.51. The molecule has 2 unspecified atom stereocenters. The van der Waals surface area contributed by atoms with Crippen molar-refractivity contribution in [1.29, 1.82) is 0 Å². The average molecular weight is 538 g/mol. The van der Waals surface area contributed by atoms with E-state index in [-0.39, 0.29) is 17.7 Å². The molecule has 1 aliphatic rings. The summed E-state index contributed by atoms with van der Waals surface area (Å²) >= 11 is 0. The quantitative estimate of drug-likeness (QED) is 0.262. The van der Waals surface area contributed by atoms with Crippen LogP contribution in [-0.4, -0.2) is 47.5 Å². The third-order valence-corrected chi connectivity index (χ3v) is 7.42. The number of benzene rings is 2. The minimum atomic E-state index is -0.653. The summed E-state index contributed by atoms with van der Waals surface area (Å²) in [6.07, 6.45) is 3.91. The van der Waals surface area contributed by atoms with Crippen LogP contribution in [-0.2, 0) is 20.9 Å². The lowest BCUT2D eigenvalue weighted by Gasteiger charge is -2.29. The molecule has 1 aliphatic heterocycles. The second kappa shape index (κ2) is 14.7. The first-order valence-electron chi connectivity index (χ1n) is 14.0. The van der Waals surface area contributed by atoms with Crippen molar-refractivity contribution in [3.63, 3.8) is 0 Å². The number of rotatable bonds is 12. The Morgan fingerprint density at radius 1 is 1.05 bits per heavy atom. The number of methoxy groups -OCH3 is 1. The highest BCUT2D eigenvalue weighted by molar-refractivity contribution is 5.91. The summed E-state index contributed by atoms with van der Waals surface area (Å²) in [5.74, 6) is -1.26. The summed E-state index contributed by atoms with van der Waals surface area (Å²) in [5.41, 5.74) is 4.88. The molecule has 0 bridgehead atoms. The first-order valence-corrected chi connectivity index (χ1v) is 14.0. The largest absolute Gasteiger partial charge is 0.497 e. The van der Waals surface area contributed by atoms with Crippen LogP contribution in [0.2, 0.25) is 0 Å². The first-order chi connectivity index (χ1) is 18.8. The molecule has 8 heteroatoms. The summed E-state index contributed by atoms with van der Waals surface area (Å²) in [6, 6.07) is 15.4. The van der Waals surface area contributed by atoms with Gasteiger partial charge in [-0.05, 0) is 72.9 Å². The number of carbonyl (C=O) groups excluding carboxylic acids is 3. The van der Waals surface area contributed by atoms with E-state index in [1.165, 1.54) is 0 Å². The van der Waals surface area contributed by atoms with Gasteiger partial charge >= 0.3 is 0 Å². The molecule has 3 rings (SSSR count). The molecular formula is C31H43N3O5. The molecule has 1 saturated heterocycles. The number of carbonyl (C=O) groups is 3. The van der Waals surface area contributed by atoms with Gasteiger partial charge in [0, 0.05) is 19.0 Å². The Labute approximate surface area is 232 Å². The van der Waals surface area contributed by atoms with Crippen molar-refractivity contribution in [2.75, 3.05) is 13.7 Å². The zero-order chi connectivity index (χ0) is 28.4. The molecule has 39 heavy (non-hydrogen) atoms. The Bertz CT molecular complexity index is 1100. The highest BCUT2D eigenvalue weighted by atomic mass is 16.5. The van der Waals surface area contributed by atoms with E-state index in [0.717, 1.165) is 35.3 Å². The number of nitrogens with zero attached hydrogens (tertiary/aromatic N) is 1. The van der Waals surface area contributed by atoms with Crippen molar-refractivity contribution >= 4 is 17.7 Å². The fourth-order valence-corrected chi connectivity index (χ4v) is 5.40. The Kier molecular flexibility index (Phi) is 11.3. The summed E-state index contributed by atoms with van der Waals surface area (Å²) in [7, 11) is 1.64. The normalized spacial score (nSPS) is 17.3. The van der Waals surface area contributed by atoms with E-state index >= 15 is 0 Å². The third-order valence-electron chi connectivity index (χ3n) is 7.42. The molecule has 0 aromatic heterocycles. The molecule has 0 spiro atoms. The van der Waals surface area contributed by atoms with Crippen molar-refractivity contribution in [1.82, 2.24) is 15.7 Å². The molecule has 3 amide bonds. The van der Waals surface area contributed by atoms with Crippen LogP contribution in [0.1, 0.15) is 64.9 Å². The molecule has 0 aliphatic carbocycles. The second-order valence-electron chi connectivity index (χ2n) is 10.9. The van der Waals surface area contributed by atoms with Crippen LogP contribution in [0.15, 0.2) is 48.5 Å². The van der Waals surface area contributed by atoms with E-state index in [1.54, 1.807) is 12.6 Å². The van der Waals surface area contributed by atoms with Crippen LogP contribution in [0.4, 0.5) is 0 Å². The van der Waals surface area contributed by atoms with Gasteiger partial charge in [0.05, 0.1) is 13.0 Å². The van der Waals surface area contributed by atoms with Crippen molar-refractivity contribution in [2.24, 2.45) is 17.8 Å². The molecule has 0 radical (unpaired) electrons. The van der Waals surface area contributed by atoms with Gasteiger partial charge in [-0.15, -0.1) is 0 Å². The maximum atomic E-state index is 13.6. The highest BCUT2D eigenvalue weighted by Gasteiger charge is 2.36. The number of amides is 3. The van der Waals surface area contributed by atoms with Gasteiger partial charge in [0.25, 0.3) is 0 Å². The minimum absolute atomic E-state index is 0.0994. The zero-order valence-corrected chi connectivity index (χ0v) is 23.6. The molecular weight excluding hydrogens is 494 g/mol. The van der Waals surface area contributed by atoms with Crippen molar-refractivity contribution in [3.8, 4) is 16.9 Å². The van der Waals surface area contributed by atoms with Gasteiger partial charge in [0.2, 0.25) is 17.7 Å². The van der Waals surface area contributed by atoms with Crippen molar-refractivity contribution in [2.45, 2.75) is 71.9 Å². The smallest absolute Gasteiger partial charge is 0.247 e. The number of hydrogen-bond acceptors (Lipinski definition) is 5. The maximum Gasteiger partial charge on any atom is 0.247 e. The standard InChI is InChI=1S/C31H43N3O5/c1-5-9-26(30(36)33-38)27(18-21(2)3)29(35)32-28-12-6-7-17-34(31(28)37)20-22-10-8-11-24(19-22)23-13-15-25(39-4)16-14-23/h8,10-11,13-16,19,21,26-28,38H,5-7,9,12,17-18,20H2,1-4H3,(H,32,35)(H,33,36)/t26-,27?,28?/m0/s1. The summed E-state index contributed by atoms with van der Waals surface area (Å²) < 4.78 is 5.26. The van der Waals surface area contributed by atoms with Gasteiger partial charge < -0.3 is 15.0 Å². The molecule has 3 atom stereocenters. The summed E-state index contributed by atoms with van der Waals surface area (Å²) in [4.78, 5) is 41.4. The van der Waals surface area contributed by atoms with Crippen LogP contribution < -0.4 is 15.5 Å². The van der Waals surface area contributed by atoms with Gasteiger partial charge in [0.15, 0.2) is 0 Å². The van der Waals surface area contributed by atoms with Crippen molar-refractivity contribution < 1.29 is 24.3 Å². The lowest BCUT2D eigenvalue weighted by molar-refractivity contribution is -0.143. The van der Waals surface area contributed by atoms with E-state index in [1.807, 2.05) is 68.1 Å². The van der Waals surface area contributed by atoms with E-state index in [4.69, 9.17) is 4.74 Å². The number of likely N-dealkylation sites (tertiary alicyclic amines) is 1. The molecule has 3 N–H and O–H groups in total. The number of ether oxygens (including phenoxy) is 1. The molecule has 2 aromatic carbocycles. The van der Waals surface area contributed by atoms with Crippen LogP contribution in [0.3, 0.4) is 0 Å². The number of nitrogens with one attached hydrogen (secondary N) is 2. The molecule has 0 saturated carbocycles. The molecule has 2 aromatic rings. The van der Waals surface area contributed by atoms with Gasteiger partial charge in [0.1, 0.15) is 11.8 Å². The van der Waals surface area contributed by atoms with Gasteiger partial charge in [-0.1, -0.05) is 57.5 Å². The highest BCUT2D eigenvalue weighted by Crippen LogP contribution is 2.27. The topological polar surface area (TPSA) is 108 Å². The summed E-state index contributed by atoms with van der Waals surface area (Å²) in [6.45, 7) is 7.02. The Balaban J connectivity index is 1.75. The third kappa shape index (κ3) is 8.30. The average Bonchev–Trinajstić information content (AvgIpc) is 3.11. The molecule has 1 heterocycles. The molecule has 8 nitrogen and oxygen atoms in total. The predicted molar refractivity (Wildman–Crippen MR) is 151 cm³/mol. The first kappa shape index (κ1) is 30.2. The minimum Gasteiger partial charge on any atom is -0.497 e. The van der Waals surface area contributed by atoms with Crippen LogP contribution in [0.25, 0.3) is 11.1 Å². The van der Waals surface area contributed by atoms with E-state index < -0.39 is 23.8 Å². The maximum absolute atomic E-state index is 13.6. The fraction of sp³-hybridized carbons (Fsp3) is 0.516. The summed E-state index contributed by atoms with van der Waals surface area (Å²) in [5, 5.41) is 12.3. The van der Waals surface area contributed by atoms with Gasteiger partial charge in [-0.25, -0.2) is 5.48 Å². The fourth-order valence-electron chi connectivity index (χ4n) is 5.40. The monoisotopic (exact) mass is 537 g/mol. The Morgan fingerprint density at radius 2 is 1.79 bits per heavy atom. The number of hydroxylamine groups is 1. The predicted octanol–water partition coefficient (Wildman–Crippen LogP) is 4.94. The van der Waals surface area contributed by atoms with E-state index in [9.17, 15) is 19.6 Å². The van der Waals surface area contributed by atoms with E-state index in [2.05, 4.69) is 11.4 Å². The zero-order valence-electron chi connectivity index (χ0n) is 23.6. The van der Waals surface area contributed by atoms with E-state index in [0.29, 0.717) is 38.8 Å². The van der Waals surface area contributed by atoms with Crippen LogP contribution >= 0.6 is 0 Å².